The number of aromatic nitrogens is 1. The average Bonchev–Trinajstić information content (AvgIpc) is 3.17. The van der Waals surface area contributed by atoms with Gasteiger partial charge in [0.25, 0.3) is 0 Å². The van der Waals surface area contributed by atoms with Crippen LogP contribution in [0.1, 0.15) is 24.3 Å². The molecule has 1 N–H and O–H groups in total. The Morgan fingerprint density at radius 2 is 1.91 bits per heavy atom. The molecular weight excluding hydrogens is 326 g/mol. The molecule has 1 aromatic carbocycles. The number of piperidine rings is 1. The third-order valence-corrected chi connectivity index (χ3v) is 6.18. The summed E-state index contributed by atoms with van der Waals surface area (Å²) in [6.45, 7) is 5.91. The second kappa shape index (κ2) is 7.31. The molecule has 23 heavy (non-hydrogen) atoms. The molecule has 124 valence electrons. The summed E-state index contributed by atoms with van der Waals surface area (Å²) in [5, 5.41) is 4.75. The molecule has 0 saturated carbocycles. The van der Waals surface area contributed by atoms with E-state index in [9.17, 15) is 0 Å². The molecule has 0 amide bonds. The van der Waals surface area contributed by atoms with Gasteiger partial charge in [0.15, 0.2) is 0 Å². The number of thiazole rings is 1. The summed E-state index contributed by atoms with van der Waals surface area (Å²) in [5.41, 5.74) is 1.87. The summed E-state index contributed by atoms with van der Waals surface area (Å²) in [7, 11) is 0. The van der Waals surface area contributed by atoms with Crippen molar-refractivity contribution in [2.24, 2.45) is 5.41 Å². The quantitative estimate of drug-likeness (QED) is 0.913. The Balaban J connectivity index is 0.00000156. The summed E-state index contributed by atoms with van der Waals surface area (Å²) in [4.78, 5) is 8.55. The van der Waals surface area contributed by atoms with Crippen molar-refractivity contribution in [1.29, 1.82) is 0 Å². The van der Waals surface area contributed by atoms with Crippen LogP contribution in [-0.2, 0) is 6.54 Å². The van der Waals surface area contributed by atoms with Crippen molar-refractivity contribution in [3.05, 3.63) is 41.5 Å². The molecule has 2 fully saturated rings. The summed E-state index contributed by atoms with van der Waals surface area (Å²) >= 11 is 1.84. The Bertz CT molecular complexity index is 622. The van der Waals surface area contributed by atoms with E-state index in [1.54, 1.807) is 0 Å². The molecule has 4 rings (SSSR count). The SMILES string of the molecule is Cl.c1ccc(-c2cnc(CN3CCC4(CCNCC4)C3)s2)cc1. The Kier molecular flexibility index (Phi) is 5.37. The number of rotatable bonds is 3. The predicted molar refractivity (Wildman–Crippen MR) is 99.2 cm³/mol. The van der Waals surface area contributed by atoms with Crippen LogP contribution in [-0.4, -0.2) is 36.1 Å². The highest BCUT2D eigenvalue weighted by atomic mass is 35.5. The van der Waals surface area contributed by atoms with Crippen LogP contribution in [0.4, 0.5) is 0 Å². The zero-order valence-corrected chi connectivity index (χ0v) is 15.0. The van der Waals surface area contributed by atoms with Crippen LogP contribution < -0.4 is 5.32 Å². The predicted octanol–water partition coefficient (Wildman–Crippen LogP) is 3.81. The van der Waals surface area contributed by atoms with Crippen molar-refractivity contribution in [1.82, 2.24) is 15.2 Å². The van der Waals surface area contributed by atoms with E-state index in [0.717, 1.165) is 6.54 Å². The molecule has 0 aliphatic carbocycles. The lowest BCUT2D eigenvalue weighted by Crippen LogP contribution is -2.38. The molecule has 0 atom stereocenters. The Morgan fingerprint density at radius 1 is 1.13 bits per heavy atom. The van der Waals surface area contributed by atoms with Gasteiger partial charge in [-0.3, -0.25) is 4.90 Å². The van der Waals surface area contributed by atoms with Crippen molar-refractivity contribution in [3.8, 4) is 10.4 Å². The van der Waals surface area contributed by atoms with Crippen molar-refractivity contribution in [2.75, 3.05) is 26.2 Å². The zero-order valence-electron chi connectivity index (χ0n) is 13.3. The smallest absolute Gasteiger partial charge is 0.107 e. The monoisotopic (exact) mass is 349 g/mol. The highest BCUT2D eigenvalue weighted by Gasteiger charge is 2.38. The maximum Gasteiger partial charge on any atom is 0.107 e. The van der Waals surface area contributed by atoms with Gasteiger partial charge in [0.05, 0.1) is 11.4 Å². The number of likely N-dealkylation sites (tertiary alicyclic amines) is 1. The van der Waals surface area contributed by atoms with Crippen LogP contribution in [0.15, 0.2) is 36.5 Å². The molecule has 2 aliphatic heterocycles. The number of hydrogen-bond acceptors (Lipinski definition) is 4. The van der Waals surface area contributed by atoms with Crippen LogP contribution in [0.25, 0.3) is 10.4 Å². The fraction of sp³-hybridized carbons (Fsp3) is 0.500. The van der Waals surface area contributed by atoms with Crippen molar-refractivity contribution < 1.29 is 0 Å². The molecule has 0 bridgehead atoms. The minimum atomic E-state index is 0. The standard InChI is InChI=1S/C18H23N3S.ClH/c1-2-4-15(5-3-1)16-12-20-17(22-16)13-21-11-8-18(14-21)6-9-19-10-7-18;/h1-5,12,19H,6-11,13-14H2;1H. The first-order valence-electron chi connectivity index (χ1n) is 8.26. The fourth-order valence-electron chi connectivity index (χ4n) is 3.84. The van der Waals surface area contributed by atoms with E-state index < -0.39 is 0 Å². The van der Waals surface area contributed by atoms with Gasteiger partial charge in [-0.05, 0) is 49.9 Å². The minimum absolute atomic E-state index is 0. The molecule has 1 spiro atoms. The van der Waals surface area contributed by atoms with Gasteiger partial charge >= 0.3 is 0 Å². The molecule has 3 nitrogen and oxygen atoms in total. The highest BCUT2D eigenvalue weighted by Crippen LogP contribution is 2.39. The second-order valence-electron chi connectivity index (χ2n) is 6.69. The van der Waals surface area contributed by atoms with E-state index in [1.807, 2.05) is 17.5 Å². The molecule has 2 aromatic rings. The third kappa shape index (κ3) is 3.77. The topological polar surface area (TPSA) is 28.2 Å². The van der Waals surface area contributed by atoms with E-state index in [2.05, 4.69) is 45.5 Å². The van der Waals surface area contributed by atoms with Gasteiger partial charge in [-0.25, -0.2) is 4.98 Å². The zero-order chi connectivity index (χ0) is 14.8. The van der Waals surface area contributed by atoms with E-state index in [1.165, 1.54) is 60.9 Å². The van der Waals surface area contributed by atoms with Crippen molar-refractivity contribution in [2.45, 2.75) is 25.8 Å². The molecule has 2 aliphatic rings. The number of nitrogens with zero attached hydrogens (tertiary/aromatic N) is 2. The Hall–Kier alpha value is -0.940. The average molecular weight is 350 g/mol. The molecule has 2 saturated heterocycles. The Labute approximate surface area is 148 Å². The maximum absolute atomic E-state index is 4.65. The number of benzene rings is 1. The molecule has 3 heterocycles. The van der Waals surface area contributed by atoms with Crippen LogP contribution >= 0.6 is 23.7 Å². The third-order valence-electron chi connectivity index (χ3n) is 5.15. The van der Waals surface area contributed by atoms with Gasteiger partial charge in [0.2, 0.25) is 0 Å². The second-order valence-corrected chi connectivity index (χ2v) is 7.81. The molecule has 0 radical (unpaired) electrons. The normalized spacial score (nSPS) is 20.5. The fourth-order valence-corrected chi connectivity index (χ4v) is 4.80. The van der Waals surface area contributed by atoms with Crippen LogP contribution in [0.2, 0.25) is 0 Å². The first-order chi connectivity index (χ1) is 10.8. The van der Waals surface area contributed by atoms with E-state index in [4.69, 9.17) is 0 Å². The lowest BCUT2D eigenvalue weighted by atomic mass is 9.78. The largest absolute Gasteiger partial charge is 0.317 e. The lowest BCUT2D eigenvalue weighted by Gasteiger charge is -2.33. The van der Waals surface area contributed by atoms with E-state index in [-0.39, 0.29) is 12.4 Å². The lowest BCUT2D eigenvalue weighted by molar-refractivity contribution is 0.194. The summed E-state index contributed by atoms with van der Waals surface area (Å²) in [6, 6.07) is 10.6. The van der Waals surface area contributed by atoms with Gasteiger partial charge < -0.3 is 5.32 Å². The maximum atomic E-state index is 4.65. The van der Waals surface area contributed by atoms with Gasteiger partial charge in [-0.1, -0.05) is 30.3 Å². The van der Waals surface area contributed by atoms with Crippen LogP contribution in [0.3, 0.4) is 0 Å². The number of nitrogens with one attached hydrogen (secondary N) is 1. The molecule has 5 heteroatoms. The summed E-state index contributed by atoms with van der Waals surface area (Å²) in [6.07, 6.45) is 6.09. The van der Waals surface area contributed by atoms with E-state index in [0.29, 0.717) is 5.41 Å². The number of hydrogen-bond donors (Lipinski definition) is 1. The van der Waals surface area contributed by atoms with Gasteiger partial charge in [0.1, 0.15) is 5.01 Å². The van der Waals surface area contributed by atoms with Gasteiger partial charge in [-0.15, -0.1) is 23.7 Å². The van der Waals surface area contributed by atoms with Crippen LogP contribution in [0, 0.1) is 5.41 Å². The molecular formula is C18H24ClN3S. The van der Waals surface area contributed by atoms with E-state index >= 15 is 0 Å². The Morgan fingerprint density at radius 3 is 2.70 bits per heavy atom. The van der Waals surface area contributed by atoms with Gasteiger partial charge in [0, 0.05) is 12.7 Å². The van der Waals surface area contributed by atoms with Crippen LogP contribution in [0.5, 0.6) is 0 Å². The molecule has 0 unspecified atom stereocenters. The highest BCUT2D eigenvalue weighted by molar-refractivity contribution is 7.15. The minimum Gasteiger partial charge on any atom is -0.317 e. The first kappa shape index (κ1) is 16.9. The van der Waals surface area contributed by atoms with Crippen molar-refractivity contribution >= 4 is 23.7 Å². The molecule has 1 aromatic heterocycles. The van der Waals surface area contributed by atoms with Crippen molar-refractivity contribution in [3.63, 3.8) is 0 Å². The first-order valence-corrected chi connectivity index (χ1v) is 9.08. The van der Waals surface area contributed by atoms with Gasteiger partial charge in [-0.2, -0.15) is 0 Å². The summed E-state index contributed by atoms with van der Waals surface area (Å²) < 4.78 is 0. The number of halogens is 1. The summed E-state index contributed by atoms with van der Waals surface area (Å²) in [5.74, 6) is 0.